The van der Waals surface area contributed by atoms with Crippen molar-refractivity contribution >= 4 is 6.29 Å². The molecule has 1 heterocycles. The van der Waals surface area contributed by atoms with Crippen LogP contribution in [0.5, 0.6) is 0 Å². The van der Waals surface area contributed by atoms with E-state index in [1.54, 1.807) is 0 Å². The van der Waals surface area contributed by atoms with E-state index in [9.17, 15) is 4.79 Å². The highest BCUT2D eigenvalue weighted by Crippen LogP contribution is 2.31. The maximum absolute atomic E-state index is 10.4. The quantitative estimate of drug-likeness (QED) is 0.539. The summed E-state index contributed by atoms with van der Waals surface area (Å²) in [5.74, 6) is 6.80. The minimum atomic E-state index is -0.0489. The summed E-state index contributed by atoms with van der Waals surface area (Å²) in [5, 5.41) is 0. The molecule has 2 rings (SSSR count). The third-order valence-corrected chi connectivity index (χ3v) is 3.15. The molecule has 88 valence electrons. The van der Waals surface area contributed by atoms with E-state index in [2.05, 4.69) is 11.8 Å². The van der Waals surface area contributed by atoms with Crippen LogP contribution in [0.4, 0.5) is 0 Å². The first kappa shape index (κ1) is 11.6. The van der Waals surface area contributed by atoms with Crippen molar-refractivity contribution in [1.29, 1.82) is 0 Å². The van der Waals surface area contributed by atoms with Gasteiger partial charge in [0.05, 0.1) is 0 Å². The molecule has 0 radical (unpaired) electrons. The summed E-state index contributed by atoms with van der Waals surface area (Å²) >= 11 is 0. The van der Waals surface area contributed by atoms with E-state index in [1.807, 2.05) is 0 Å². The van der Waals surface area contributed by atoms with Gasteiger partial charge in [0.1, 0.15) is 12.9 Å². The van der Waals surface area contributed by atoms with Crippen molar-refractivity contribution < 1.29 is 14.3 Å². The van der Waals surface area contributed by atoms with Crippen LogP contribution in [0.3, 0.4) is 0 Å². The van der Waals surface area contributed by atoms with Gasteiger partial charge in [-0.1, -0.05) is 11.8 Å². The highest BCUT2D eigenvalue weighted by molar-refractivity contribution is 5.55. The first-order valence-electron chi connectivity index (χ1n) is 6.05. The number of hydrogen-bond acceptors (Lipinski definition) is 3. The first-order valence-corrected chi connectivity index (χ1v) is 6.05. The van der Waals surface area contributed by atoms with Crippen molar-refractivity contribution in [3.63, 3.8) is 0 Å². The van der Waals surface area contributed by atoms with Crippen molar-refractivity contribution in [3.05, 3.63) is 0 Å². The van der Waals surface area contributed by atoms with Gasteiger partial charge in [0.25, 0.3) is 0 Å². The lowest BCUT2D eigenvalue weighted by molar-refractivity contribution is -0.154. The average Bonchev–Trinajstić information content (AvgIpc) is 2.28. The van der Waals surface area contributed by atoms with Crippen LogP contribution in [0.1, 0.15) is 32.1 Å². The molecule has 3 heteroatoms. The Labute approximate surface area is 96.5 Å². The second kappa shape index (κ2) is 6.03. The molecular formula is C13H18O3. The number of aldehydes is 1. The van der Waals surface area contributed by atoms with Gasteiger partial charge in [0, 0.05) is 18.4 Å². The highest BCUT2D eigenvalue weighted by atomic mass is 16.7. The van der Waals surface area contributed by atoms with Crippen LogP contribution < -0.4 is 0 Å². The Morgan fingerprint density at radius 2 is 2.25 bits per heavy atom. The van der Waals surface area contributed by atoms with Crippen molar-refractivity contribution in [3.8, 4) is 11.8 Å². The van der Waals surface area contributed by atoms with Crippen LogP contribution in [-0.4, -0.2) is 25.8 Å². The van der Waals surface area contributed by atoms with E-state index < -0.39 is 0 Å². The fraction of sp³-hybridized carbons (Fsp3) is 0.769. The summed E-state index contributed by atoms with van der Waals surface area (Å²) in [6, 6.07) is 0. The van der Waals surface area contributed by atoms with Gasteiger partial charge in [-0.15, -0.1) is 0 Å². The van der Waals surface area contributed by atoms with E-state index in [1.165, 1.54) is 6.42 Å². The molecule has 2 fully saturated rings. The third kappa shape index (κ3) is 3.33. The molecule has 0 spiro atoms. The van der Waals surface area contributed by atoms with Gasteiger partial charge in [-0.2, -0.15) is 0 Å². The van der Waals surface area contributed by atoms with Crippen LogP contribution in [0.15, 0.2) is 0 Å². The smallest absolute Gasteiger partial charge is 0.158 e. The Morgan fingerprint density at radius 3 is 2.94 bits per heavy atom. The first-order chi connectivity index (χ1) is 7.88. The number of ether oxygens (including phenoxy) is 2. The lowest BCUT2D eigenvalue weighted by atomic mass is 9.76. The SMILES string of the molecule is O=CC1CC(C#CCOC2CCCCO2)C1. The van der Waals surface area contributed by atoms with Gasteiger partial charge in [-0.3, -0.25) is 0 Å². The van der Waals surface area contributed by atoms with Crippen molar-refractivity contribution in [2.24, 2.45) is 11.8 Å². The van der Waals surface area contributed by atoms with Crippen molar-refractivity contribution in [1.82, 2.24) is 0 Å². The predicted octanol–water partition coefficient (Wildman–Crippen LogP) is 1.76. The van der Waals surface area contributed by atoms with Crippen LogP contribution in [-0.2, 0) is 14.3 Å². The summed E-state index contributed by atoms with van der Waals surface area (Å²) in [6.07, 6.45) is 6.14. The molecule has 0 aromatic rings. The molecule has 1 aliphatic carbocycles. The van der Waals surface area contributed by atoms with E-state index in [-0.39, 0.29) is 12.2 Å². The molecule has 1 atom stereocenters. The number of carbonyl (C=O) groups is 1. The molecule has 1 saturated carbocycles. The van der Waals surface area contributed by atoms with E-state index >= 15 is 0 Å². The molecule has 1 unspecified atom stereocenters. The minimum Gasteiger partial charge on any atom is -0.353 e. The highest BCUT2D eigenvalue weighted by Gasteiger charge is 2.26. The van der Waals surface area contributed by atoms with Gasteiger partial charge in [-0.25, -0.2) is 0 Å². The standard InChI is InChI=1S/C13H18O3/c14-10-12-8-11(9-12)4-3-7-16-13-5-1-2-6-15-13/h10-13H,1-2,5-9H2. The molecule has 0 aromatic heterocycles. The predicted molar refractivity (Wildman–Crippen MR) is 59.6 cm³/mol. The molecule has 1 saturated heterocycles. The Bertz CT molecular complexity index is 277. The molecule has 16 heavy (non-hydrogen) atoms. The molecule has 3 nitrogen and oxygen atoms in total. The summed E-state index contributed by atoms with van der Waals surface area (Å²) in [4.78, 5) is 10.4. The number of hydrogen-bond donors (Lipinski definition) is 0. The Morgan fingerprint density at radius 1 is 1.38 bits per heavy atom. The van der Waals surface area contributed by atoms with Crippen LogP contribution in [0, 0.1) is 23.7 Å². The zero-order valence-electron chi connectivity index (χ0n) is 9.48. The third-order valence-electron chi connectivity index (χ3n) is 3.15. The fourth-order valence-corrected chi connectivity index (χ4v) is 2.05. The van der Waals surface area contributed by atoms with Crippen LogP contribution in [0.2, 0.25) is 0 Å². The molecule has 0 N–H and O–H groups in total. The average molecular weight is 222 g/mol. The van der Waals surface area contributed by atoms with E-state index in [0.717, 1.165) is 38.6 Å². The normalized spacial score (nSPS) is 33.4. The lowest BCUT2D eigenvalue weighted by Gasteiger charge is -2.26. The Hall–Kier alpha value is -0.850. The topological polar surface area (TPSA) is 35.5 Å². The van der Waals surface area contributed by atoms with Crippen LogP contribution >= 0.6 is 0 Å². The Kier molecular flexibility index (Phi) is 4.38. The zero-order valence-corrected chi connectivity index (χ0v) is 9.48. The second-order valence-electron chi connectivity index (χ2n) is 4.49. The van der Waals surface area contributed by atoms with Crippen molar-refractivity contribution in [2.75, 3.05) is 13.2 Å². The van der Waals surface area contributed by atoms with Crippen LogP contribution in [0.25, 0.3) is 0 Å². The largest absolute Gasteiger partial charge is 0.353 e. The summed E-state index contributed by atoms with van der Waals surface area (Å²) < 4.78 is 10.9. The van der Waals surface area contributed by atoms with Crippen molar-refractivity contribution in [2.45, 2.75) is 38.4 Å². The summed E-state index contributed by atoms with van der Waals surface area (Å²) in [7, 11) is 0. The molecule has 0 amide bonds. The van der Waals surface area contributed by atoms with Gasteiger partial charge in [0.2, 0.25) is 0 Å². The molecule has 0 bridgehead atoms. The number of rotatable bonds is 3. The monoisotopic (exact) mass is 222 g/mol. The van der Waals surface area contributed by atoms with E-state index in [0.29, 0.717) is 12.5 Å². The molecule has 1 aliphatic heterocycles. The lowest BCUT2D eigenvalue weighted by Crippen LogP contribution is -2.24. The maximum atomic E-state index is 10.4. The minimum absolute atomic E-state index is 0.0489. The molecule has 2 aliphatic rings. The summed E-state index contributed by atoms with van der Waals surface area (Å²) in [6.45, 7) is 1.26. The Balaban J connectivity index is 1.57. The number of carbonyl (C=O) groups excluding carboxylic acids is 1. The zero-order chi connectivity index (χ0) is 11.2. The second-order valence-corrected chi connectivity index (χ2v) is 4.49. The molecular weight excluding hydrogens is 204 g/mol. The fourth-order valence-electron chi connectivity index (χ4n) is 2.05. The van der Waals surface area contributed by atoms with E-state index in [4.69, 9.17) is 9.47 Å². The van der Waals surface area contributed by atoms with Gasteiger partial charge < -0.3 is 14.3 Å². The maximum Gasteiger partial charge on any atom is 0.158 e. The summed E-state index contributed by atoms with van der Waals surface area (Å²) in [5.41, 5.74) is 0. The van der Waals surface area contributed by atoms with Gasteiger partial charge in [-0.05, 0) is 32.1 Å². The molecule has 0 aromatic carbocycles. The van der Waals surface area contributed by atoms with Gasteiger partial charge >= 0.3 is 0 Å². The van der Waals surface area contributed by atoms with Gasteiger partial charge in [0.15, 0.2) is 6.29 Å².